The minimum absolute atomic E-state index is 0.567. The topological polar surface area (TPSA) is 46.2 Å². The van der Waals surface area contributed by atoms with E-state index in [9.17, 15) is 5.11 Å². The fourth-order valence-corrected chi connectivity index (χ4v) is 3.19. The number of nitrogens with two attached hydrogens (primary N) is 1. The lowest BCUT2D eigenvalue weighted by molar-refractivity contribution is 0.0511. The third-order valence-electron chi connectivity index (χ3n) is 4.53. The Kier molecular flexibility index (Phi) is 4.52. The first kappa shape index (κ1) is 16.4. The molecule has 2 nitrogen and oxygen atoms in total. The summed E-state index contributed by atoms with van der Waals surface area (Å²) < 4.78 is 0. The number of aliphatic hydroxyl groups is 1. The highest BCUT2D eigenvalue weighted by molar-refractivity contribution is 5.43. The van der Waals surface area contributed by atoms with Crippen LogP contribution in [0.2, 0.25) is 0 Å². The molecule has 122 valence electrons. The van der Waals surface area contributed by atoms with Crippen LogP contribution in [-0.2, 0) is 5.60 Å². The molecule has 0 spiro atoms. The molecule has 0 aliphatic heterocycles. The van der Waals surface area contributed by atoms with Crippen molar-refractivity contribution >= 4 is 0 Å². The lowest BCUT2D eigenvalue weighted by Crippen LogP contribution is -2.40. The van der Waals surface area contributed by atoms with Crippen LogP contribution >= 0.6 is 0 Å². The number of rotatable bonds is 4. The summed E-state index contributed by atoms with van der Waals surface area (Å²) in [5.41, 5.74) is 10.0. The molecule has 0 saturated heterocycles. The molecule has 0 fully saturated rings. The van der Waals surface area contributed by atoms with E-state index in [2.05, 4.69) is 0 Å². The van der Waals surface area contributed by atoms with Gasteiger partial charge in [-0.2, -0.15) is 0 Å². The van der Waals surface area contributed by atoms with Crippen molar-refractivity contribution < 1.29 is 5.11 Å². The van der Waals surface area contributed by atoms with E-state index in [-0.39, 0.29) is 0 Å². The van der Waals surface area contributed by atoms with E-state index in [1.807, 2.05) is 92.7 Å². The molecule has 0 bridgehead atoms. The van der Waals surface area contributed by atoms with E-state index in [0.29, 0.717) is 0 Å². The maximum Gasteiger partial charge on any atom is 0.134 e. The molecule has 1 atom stereocenters. The Morgan fingerprint density at radius 1 is 0.750 bits per heavy atom. The summed E-state index contributed by atoms with van der Waals surface area (Å²) in [7, 11) is 0. The van der Waals surface area contributed by atoms with Gasteiger partial charge in [0.1, 0.15) is 5.60 Å². The predicted octanol–water partition coefficient (Wildman–Crippen LogP) is 4.24. The van der Waals surface area contributed by atoms with Crippen LogP contribution in [0.25, 0.3) is 0 Å². The van der Waals surface area contributed by atoms with E-state index in [1.165, 1.54) is 0 Å². The summed E-state index contributed by atoms with van der Waals surface area (Å²) >= 11 is 0. The first-order chi connectivity index (χ1) is 11.5. The van der Waals surface area contributed by atoms with Gasteiger partial charge >= 0.3 is 0 Å². The number of benzene rings is 3. The quantitative estimate of drug-likeness (QED) is 0.756. The van der Waals surface area contributed by atoms with Gasteiger partial charge in [-0.1, -0.05) is 90.0 Å². The molecule has 24 heavy (non-hydrogen) atoms. The zero-order chi connectivity index (χ0) is 17.2. The van der Waals surface area contributed by atoms with Crippen molar-refractivity contribution in [3.63, 3.8) is 0 Å². The summed E-state index contributed by atoms with van der Waals surface area (Å²) in [6.07, 6.45) is 0. The standard InChI is InChI=1S/C22H23NO/c1-16-8-6-12-19(14-16)22(24,20-13-7-9-17(2)15-20)21(23)18-10-4-3-5-11-18/h3-15,21,24H,23H2,1-2H3/t21-/m1/s1. The molecule has 0 saturated carbocycles. The molecule has 2 heteroatoms. The molecule has 3 aromatic rings. The Labute approximate surface area is 143 Å². The Morgan fingerprint density at radius 2 is 1.25 bits per heavy atom. The van der Waals surface area contributed by atoms with Crippen LogP contribution < -0.4 is 5.73 Å². The van der Waals surface area contributed by atoms with Crippen LogP contribution in [0, 0.1) is 13.8 Å². The van der Waals surface area contributed by atoms with Gasteiger partial charge in [0.25, 0.3) is 0 Å². The van der Waals surface area contributed by atoms with Crippen molar-refractivity contribution in [1.82, 2.24) is 0 Å². The van der Waals surface area contributed by atoms with Crippen molar-refractivity contribution in [2.45, 2.75) is 25.5 Å². The van der Waals surface area contributed by atoms with Gasteiger partial charge in [0, 0.05) is 0 Å². The zero-order valence-electron chi connectivity index (χ0n) is 14.1. The minimum atomic E-state index is -1.29. The normalized spacial score (nSPS) is 12.8. The van der Waals surface area contributed by atoms with Crippen LogP contribution in [0.1, 0.15) is 33.9 Å². The first-order valence-corrected chi connectivity index (χ1v) is 8.19. The predicted molar refractivity (Wildman–Crippen MR) is 98.7 cm³/mol. The summed E-state index contributed by atoms with van der Waals surface area (Å²) in [5.74, 6) is 0. The highest BCUT2D eigenvalue weighted by atomic mass is 16.3. The molecule has 0 unspecified atom stereocenters. The SMILES string of the molecule is Cc1cccc(C(O)(c2cccc(C)c2)[C@H](N)c2ccccc2)c1. The lowest BCUT2D eigenvalue weighted by atomic mass is 9.77. The van der Waals surface area contributed by atoms with Crippen molar-refractivity contribution in [1.29, 1.82) is 0 Å². The van der Waals surface area contributed by atoms with Crippen molar-refractivity contribution in [3.05, 3.63) is 107 Å². The van der Waals surface area contributed by atoms with Crippen LogP contribution in [0.3, 0.4) is 0 Å². The maximum absolute atomic E-state index is 11.8. The molecule has 0 aromatic heterocycles. The van der Waals surface area contributed by atoms with E-state index >= 15 is 0 Å². The molecule has 0 radical (unpaired) electrons. The summed E-state index contributed by atoms with van der Waals surface area (Å²) in [5, 5.41) is 11.8. The number of hydrogen-bond acceptors (Lipinski definition) is 2. The van der Waals surface area contributed by atoms with Crippen LogP contribution in [0.4, 0.5) is 0 Å². The monoisotopic (exact) mass is 317 g/mol. The molecule has 0 aliphatic rings. The van der Waals surface area contributed by atoms with E-state index in [4.69, 9.17) is 5.73 Å². The average molecular weight is 317 g/mol. The molecule has 3 rings (SSSR count). The fourth-order valence-electron chi connectivity index (χ4n) is 3.19. The average Bonchev–Trinajstić information content (AvgIpc) is 2.61. The Morgan fingerprint density at radius 3 is 1.71 bits per heavy atom. The van der Waals surface area contributed by atoms with Gasteiger partial charge < -0.3 is 10.8 Å². The van der Waals surface area contributed by atoms with Gasteiger partial charge in [-0.3, -0.25) is 0 Å². The Bertz CT molecular complexity index is 781. The third kappa shape index (κ3) is 2.99. The van der Waals surface area contributed by atoms with E-state index in [1.54, 1.807) is 0 Å². The molecular formula is C22H23NO. The van der Waals surface area contributed by atoms with Crippen LogP contribution in [-0.4, -0.2) is 5.11 Å². The third-order valence-corrected chi connectivity index (χ3v) is 4.53. The summed E-state index contributed by atoms with van der Waals surface area (Å²) in [6.45, 7) is 4.04. The largest absolute Gasteiger partial charge is 0.378 e. The smallest absolute Gasteiger partial charge is 0.134 e. The van der Waals surface area contributed by atoms with Crippen LogP contribution in [0.5, 0.6) is 0 Å². The minimum Gasteiger partial charge on any atom is -0.378 e. The highest BCUT2D eigenvalue weighted by Crippen LogP contribution is 2.40. The molecule has 0 aliphatic carbocycles. The van der Waals surface area contributed by atoms with Gasteiger partial charge in [0.2, 0.25) is 0 Å². The molecular weight excluding hydrogens is 294 g/mol. The maximum atomic E-state index is 11.8. The number of hydrogen-bond donors (Lipinski definition) is 2. The molecule has 0 heterocycles. The zero-order valence-corrected chi connectivity index (χ0v) is 14.1. The second-order valence-corrected chi connectivity index (χ2v) is 6.39. The van der Waals surface area contributed by atoms with Gasteiger partial charge in [-0.25, -0.2) is 0 Å². The van der Waals surface area contributed by atoms with E-state index < -0.39 is 11.6 Å². The van der Waals surface area contributed by atoms with E-state index in [0.717, 1.165) is 27.8 Å². The summed E-state index contributed by atoms with van der Waals surface area (Å²) in [4.78, 5) is 0. The fraction of sp³-hybridized carbons (Fsp3) is 0.182. The summed E-state index contributed by atoms with van der Waals surface area (Å²) in [6, 6.07) is 25.1. The molecule has 0 amide bonds. The Hall–Kier alpha value is -2.42. The lowest BCUT2D eigenvalue weighted by Gasteiger charge is -2.36. The highest BCUT2D eigenvalue weighted by Gasteiger charge is 2.39. The first-order valence-electron chi connectivity index (χ1n) is 8.19. The molecule has 3 N–H and O–H groups in total. The van der Waals surface area contributed by atoms with Gasteiger partial charge in [0.05, 0.1) is 6.04 Å². The Balaban J connectivity index is 2.21. The van der Waals surface area contributed by atoms with Crippen LogP contribution in [0.15, 0.2) is 78.9 Å². The van der Waals surface area contributed by atoms with Crippen molar-refractivity contribution in [3.8, 4) is 0 Å². The van der Waals surface area contributed by atoms with Gasteiger partial charge in [-0.05, 0) is 30.5 Å². The second-order valence-electron chi connectivity index (χ2n) is 6.39. The van der Waals surface area contributed by atoms with Gasteiger partial charge in [-0.15, -0.1) is 0 Å². The number of aryl methyl sites for hydroxylation is 2. The van der Waals surface area contributed by atoms with Crippen molar-refractivity contribution in [2.75, 3.05) is 0 Å². The molecule has 3 aromatic carbocycles. The van der Waals surface area contributed by atoms with Gasteiger partial charge in [0.15, 0.2) is 0 Å². The second kappa shape index (κ2) is 6.60. The van der Waals surface area contributed by atoms with Crippen molar-refractivity contribution in [2.24, 2.45) is 5.73 Å².